The lowest BCUT2D eigenvalue weighted by molar-refractivity contribution is -0.141. The number of alkyl halides is 5. The average molecular weight is 423 g/mol. The number of hydrogen-bond donors (Lipinski definition) is 3. The summed E-state index contributed by atoms with van der Waals surface area (Å²) >= 11 is 0. The fourth-order valence-electron chi connectivity index (χ4n) is 3.29. The van der Waals surface area contributed by atoms with Gasteiger partial charge in [0.1, 0.15) is 18.0 Å². The van der Waals surface area contributed by atoms with Gasteiger partial charge in [0.05, 0.1) is 12.6 Å². The molecule has 3 rings (SSSR count). The highest BCUT2D eigenvalue weighted by Gasteiger charge is 2.35. The van der Waals surface area contributed by atoms with Gasteiger partial charge >= 0.3 is 6.18 Å². The number of aromatic nitrogens is 2. The van der Waals surface area contributed by atoms with Gasteiger partial charge < -0.3 is 10.1 Å². The van der Waals surface area contributed by atoms with Crippen LogP contribution < -0.4 is 10.6 Å². The van der Waals surface area contributed by atoms with Crippen LogP contribution in [-0.4, -0.2) is 53.7 Å². The zero-order chi connectivity index (χ0) is 21.0. The van der Waals surface area contributed by atoms with E-state index in [2.05, 4.69) is 20.7 Å². The molecular weight excluding hydrogens is 401 g/mol. The normalized spacial score (nSPS) is 28.8. The smallest absolute Gasteiger partial charge is 0.379 e. The molecule has 7 nitrogen and oxygen atoms in total. The fourth-order valence-corrected chi connectivity index (χ4v) is 3.29. The molecule has 1 saturated heterocycles. The van der Waals surface area contributed by atoms with Gasteiger partial charge in [0, 0.05) is 18.6 Å². The summed E-state index contributed by atoms with van der Waals surface area (Å²) in [5, 5.41) is 10.4. The molecule has 0 radical (unpaired) electrons. The number of amides is 1. The van der Waals surface area contributed by atoms with Crippen molar-refractivity contribution in [2.45, 2.75) is 56.7 Å². The standard InChI is InChI=1S/C17H22F5N5O2/c18-11-4-3-9(6-12(11)19)15(28)25-16(23-10-2-1-5-29-8-10)24-14-7-13(26-27-14)17(20,21)22/h7,9-12H,1-6,8H2,(H3,23,24,25,26,27,28). The van der Waals surface area contributed by atoms with E-state index in [9.17, 15) is 26.7 Å². The van der Waals surface area contributed by atoms with E-state index in [-0.39, 0.29) is 37.1 Å². The molecule has 2 aliphatic rings. The second-order valence-corrected chi connectivity index (χ2v) is 7.17. The van der Waals surface area contributed by atoms with Gasteiger partial charge in [-0.2, -0.15) is 18.3 Å². The predicted octanol–water partition coefficient (Wildman–Crippen LogP) is 2.97. The molecule has 1 aromatic rings. The molecule has 4 unspecified atom stereocenters. The monoisotopic (exact) mass is 423 g/mol. The fraction of sp³-hybridized carbons (Fsp3) is 0.706. The van der Waals surface area contributed by atoms with Crippen LogP contribution >= 0.6 is 0 Å². The quantitative estimate of drug-likeness (QED) is 0.396. The molecule has 1 aromatic heterocycles. The summed E-state index contributed by atoms with van der Waals surface area (Å²) in [5.41, 5.74) is -1.06. The molecule has 1 aliphatic carbocycles. The summed E-state index contributed by atoms with van der Waals surface area (Å²) in [4.78, 5) is 16.8. The third kappa shape index (κ3) is 5.87. The number of ether oxygens (including phenoxy) is 1. The van der Waals surface area contributed by atoms with Crippen LogP contribution in [0, 0.1) is 5.92 Å². The van der Waals surface area contributed by atoms with Crippen LogP contribution in [0.25, 0.3) is 0 Å². The van der Waals surface area contributed by atoms with Crippen molar-refractivity contribution in [2.75, 3.05) is 18.5 Å². The second kappa shape index (κ2) is 9.06. The van der Waals surface area contributed by atoms with Crippen molar-refractivity contribution in [1.29, 1.82) is 0 Å². The summed E-state index contributed by atoms with van der Waals surface area (Å²) in [6, 6.07) is 0.438. The van der Waals surface area contributed by atoms with Crippen LogP contribution in [0.1, 0.15) is 37.8 Å². The van der Waals surface area contributed by atoms with Crippen molar-refractivity contribution < 1.29 is 31.5 Å². The first kappa shape index (κ1) is 21.5. The number of anilines is 1. The maximum absolute atomic E-state index is 13.6. The van der Waals surface area contributed by atoms with Gasteiger partial charge in [-0.05, 0) is 32.1 Å². The zero-order valence-corrected chi connectivity index (χ0v) is 15.4. The maximum atomic E-state index is 13.6. The van der Waals surface area contributed by atoms with Gasteiger partial charge in [0.2, 0.25) is 11.9 Å². The van der Waals surface area contributed by atoms with E-state index in [1.165, 1.54) is 0 Å². The summed E-state index contributed by atoms with van der Waals surface area (Å²) in [6.45, 7) is 0.884. The molecule has 2 heterocycles. The highest BCUT2D eigenvalue weighted by Crippen LogP contribution is 2.30. The van der Waals surface area contributed by atoms with Gasteiger partial charge in [0.15, 0.2) is 5.82 Å². The molecule has 3 N–H and O–H groups in total. The number of nitrogens with zero attached hydrogens (tertiary/aromatic N) is 2. The molecule has 4 atom stereocenters. The first-order valence-electron chi connectivity index (χ1n) is 9.36. The molecule has 0 bridgehead atoms. The van der Waals surface area contributed by atoms with E-state index in [0.717, 1.165) is 12.5 Å². The number of carbonyl (C=O) groups excluding carboxylic acids is 1. The minimum atomic E-state index is -4.61. The number of halogens is 5. The number of guanidine groups is 1. The van der Waals surface area contributed by atoms with Crippen LogP contribution in [0.3, 0.4) is 0 Å². The number of H-pyrrole nitrogens is 1. The van der Waals surface area contributed by atoms with Crippen molar-refractivity contribution in [3.8, 4) is 0 Å². The van der Waals surface area contributed by atoms with E-state index < -0.39 is 36.0 Å². The molecule has 1 saturated carbocycles. The van der Waals surface area contributed by atoms with Crippen LogP contribution in [0.4, 0.5) is 27.8 Å². The first-order valence-corrected chi connectivity index (χ1v) is 9.36. The molecule has 0 aromatic carbocycles. The Labute approximate surface area is 163 Å². The predicted molar refractivity (Wildman–Crippen MR) is 93.8 cm³/mol. The Morgan fingerprint density at radius 2 is 2.03 bits per heavy atom. The minimum Gasteiger partial charge on any atom is -0.379 e. The van der Waals surface area contributed by atoms with Crippen molar-refractivity contribution in [3.05, 3.63) is 11.8 Å². The highest BCUT2D eigenvalue weighted by molar-refractivity contribution is 6.04. The molecule has 12 heteroatoms. The van der Waals surface area contributed by atoms with E-state index in [0.29, 0.717) is 19.6 Å². The zero-order valence-electron chi connectivity index (χ0n) is 15.4. The third-order valence-corrected chi connectivity index (χ3v) is 4.88. The van der Waals surface area contributed by atoms with Gasteiger partial charge in [-0.25, -0.2) is 13.8 Å². The van der Waals surface area contributed by atoms with E-state index in [1.54, 1.807) is 0 Å². The lowest BCUT2D eigenvalue weighted by Gasteiger charge is -2.27. The van der Waals surface area contributed by atoms with E-state index >= 15 is 0 Å². The Hall–Kier alpha value is -2.24. The number of nitrogens with one attached hydrogen (secondary N) is 3. The number of aromatic amines is 1. The van der Waals surface area contributed by atoms with E-state index in [4.69, 9.17) is 4.74 Å². The highest BCUT2D eigenvalue weighted by atomic mass is 19.4. The largest absolute Gasteiger partial charge is 0.432 e. The number of rotatable bonds is 3. The van der Waals surface area contributed by atoms with Crippen LogP contribution in [-0.2, 0) is 15.7 Å². The third-order valence-electron chi connectivity index (χ3n) is 4.88. The maximum Gasteiger partial charge on any atom is 0.432 e. The molecular formula is C17H22F5N5O2. The number of hydrogen-bond acceptors (Lipinski definition) is 4. The average Bonchev–Trinajstić information content (AvgIpc) is 3.13. The Bertz CT molecular complexity index is 732. The van der Waals surface area contributed by atoms with Gasteiger partial charge in [-0.15, -0.1) is 0 Å². The van der Waals surface area contributed by atoms with Crippen LogP contribution in [0.5, 0.6) is 0 Å². The van der Waals surface area contributed by atoms with E-state index in [1.807, 2.05) is 5.10 Å². The van der Waals surface area contributed by atoms with Gasteiger partial charge in [-0.3, -0.25) is 15.2 Å². The van der Waals surface area contributed by atoms with Crippen molar-refractivity contribution in [3.63, 3.8) is 0 Å². The van der Waals surface area contributed by atoms with Crippen LogP contribution in [0.15, 0.2) is 11.1 Å². The Balaban J connectivity index is 1.71. The number of carbonyl (C=O) groups is 1. The Kier molecular flexibility index (Phi) is 6.70. The van der Waals surface area contributed by atoms with Gasteiger partial charge in [0.25, 0.3) is 0 Å². The molecule has 1 aliphatic heterocycles. The number of aliphatic imine (C=N–C) groups is 1. The van der Waals surface area contributed by atoms with Crippen molar-refractivity contribution in [2.24, 2.45) is 10.9 Å². The summed E-state index contributed by atoms with van der Waals surface area (Å²) in [5.74, 6) is -1.63. The minimum absolute atomic E-state index is 0.0655. The Morgan fingerprint density at radius 3 is 2.66 bits per heavy atom. The lowest BCUT2D eigenvalue weighted by Crippen LogP contribution is -2.43. The first-order chi connectivity index (χ1) is 13.7. The second-order valence-electron chi connectivity index (χ2n) is 7.17. The van der Waals surface area contributed by atoms with Crippen molar-refractivity contribution in [1.82, 2.24) is 15.5 Å². The molecule has 0 spiro atoms. The van der Waals surface area contributed by atoms with Gasteiger partial charge in [-0.1, -0.05) is 0 Å². The topological polar surface area (TPSA) is 91.4 Å². The van der Waals surface area contributed by atoms with Crippen LogP contribution in [0.2, 0.25) is 0 Å². The molecule has 1 amide bonds. The molecule has 162 valence electrons. The van der Waals surface area contributed by atoms with Crippen molar-refractivity contribution >= 4 is 17.7 Å². The molecule has 29 heavy (non-hydrogen) atoms. The summed E-state index contributed by atoms with van der Waals surface area (Å²) in [6.07, 6.45) is -6.64. The summed E-state index contributed by atoms with van der Waals surface area (Å²) < 4.78 is 70.5. The molecule has 2 fully saturated rings. The lowest BCUT2D eigenvalue weighted by atomic mass is 9.86. The summed E-state index contributed by atoms with van der Waals surface area (Å²) in [7, 11) is 0. The Morgan fingerprint density at radius 1 is 1.24 bits per heavy atom. The SMILES string of the molecule is O=C(NC(=NC1CCCOC1)Nc1cc(C(F)(F)F)[nH]n1)C1CCC(F)C(F)C1.